The maximum absolute atomic E-state index is 12.8. The Labute approximate surface area is 143 Å². The summed E-state index contributed by atoms with van der Waals surface area (Å²) in [7, 11) is 0.563. The summed E-state index contributed by atoms with van der Waals surface area (Å²) < 4.78 is 36.8. The smallest absolute Gasteiger partial charge is 0.254 e. The second kappa shape index (κ2) is 7.08. The van der Waals surface area contributed by atoms with E-state index in [1.54, 1.807) is 11.0 Å². The molecular weight excluding hydrogens is 332 g/mol. The highest BCUT2D eigenvalue weighted by Gasteiger charge is 2.29. The van der Waals surface area contributed by atoms with E-state index in [1.165, 1.54) is 33.3 Å². The van der Waals surface area contributed by atoms with Gasteiger partial charge in [-0.1, -0.05) is 0 Å². The van der Waals surface area contributed by atoms with Gasteiger partial charge in [0.25, 0.3) is 5.91 Å². The van der Waals surface area contributed by atoms with Gasteiger partial charge in [0.15, 0.2) is 0 Å². The van der Waals surface area contributed by atoms with Gasteiger partial charge in [0.2, 0.25) is 10.0 Å². The minimum absolute atomic E-state index is 0.0183. The van der Waals surface area contributed by atoms with Gasteiger partial charge >= 0.3 is 0 Å². The van der Waals surface area contributed by atoms with Crippen molar-refractivity contribution >= 4 is 15.9 Å². The van der Waals surface area contributed by atoms with E-state index in [0.29, 0.717) is 18.7 Å². The summed E-state index contributed by atoms with van der Waals surface area (Å²) in [4.78, 5) is 14.4. The first-order valence-electron chi connectivity index (χ1n) is 7.72. The number of methoxy groups -OCH3 is 1. The van der Waals surface area contributed by atoms with Gasteiger partial charge in [-0.2, -0.15) is 0 Å². The van der Waals surface area contributed by atoms with E-state index in [2.05, 4.69) is 0 Å². The molecule has 0 saturated carbocycles. The summed E-state index contributed by atoms with van der Waals surface area (Å²) in [5.41, 5.74) is 0.317. The van der Waals surface area contributed by atoms with Crippen molar-refractivity contribution in [2.45, 2.75) is 31.0 Å². The normalized spacial score (nSPS) is 21.8. The Balaban J connectivity index is 2.40. The van der Waals surface area contributed by atoms with Crippen LogP contribution in [0.25, 0.3) is 0 Å². The van der Waals surface area contributed by atoms with Crippen LogP contribution in [0.2, 0.25) is 0 Å². The lowest BCUT2D eigenvalue weighted by Crippen LogP contribution is -2.48. The van der Waals surface area contributed by atoms with Crippen LogP contribution in [-0.2, 0) is 14.8 Å². The Hall–Kier alpha value is -1.64. The number of carbonyl (C=O) groups excluding carboxylic acids is 1. The minimum atomic E-state index is -3.72. The molecule has 1 aromatic carbocycles. The largest absolute Gasteiger partial charge is 0.495 e. The second-order valence-corrected chi connectivity index (χ2v) is 8.24. The lowest BCUT2D eigenvalue weighted by Gasteiger charge is -2.35. The van der Waals surface area contributed by atoms with Crippen LogP contribution in [0.3, 0.4) is 0 Å². The average molecular weight is 356 g/mol. The molecule has 0 radical (unpaired) electrons. The first-order valence-corrected chi connectivity index (χ1v) is 9.16. The lowest BCUT2D eigenvalue weighted by atomic mass is 10.1. The third kappa shape index (κ3) is 3.71. The van der Waals surface area contributed by atoms with Gasteiger partial charge in [-0.15, -0.1) is 0 Å². The number of hydrogen-bond donors (Lipinski definition) is 0. The van der Waals surface area contributed by atoms with Crippen molar-refractivity contribution in [1.82, 2.24) is 9.21 Å². The standard InChI is InChI=1S/C16H24N2O5S/c1-11-9-18(10-12(2)23-11)16(19)13-6-7-14(22-5)15(8-13)24(20,21)17(3)4/h6-8,11-12H,9-10H2,1-5H3/t11-,12+. The topological polar surface area (TPSA) is 76.1 Å². The summed E-state index contributed by atoms with van der Waals surface area (Å²) in [6.45, 7) is 4.77. The summed E-state index contributed by atoms with van der Waals surface area (Å²) in [6, 6.07) is 4.47. The molecule has 2 atom stereocenters. The zero-order valence-corrected chi connectivity index (χ0v) is 15.5. The molecule has 134 valence electrons. The molecule has 0 aromatic heterocycles. The highest BCUT2D eigenvalue weighted by molar-refractivity contribution is 7.89. The predicted molar refractivity (Wildman–Crippen MR) is 89.8 cm³/mol. The number of rotatable bonds is 4. The molecule has 0 bridgehead atoms. The molecule has 2 rings (SSSR count). The highest BCUT2D eigenvalue weighted by atomic mass is 32.2. The van der Waals surface area contributed by atoms with Gasteiger partial charge in [0, 0.05) is 32.7 Å². The summed E-state index contributed by atoms with van der Waals surface area (Å²) in [5.74, 6) is -0.00109. The number of carbonyl (C=O) groups is 1. The number of ether oxygens (including phenoxy) is 2. The van der Waals surface area contributed by atoms with Gasteiger partial charge < -0.3 is 14.4 Å². The molecule has 1 amide bonds. The molecule has 1 fully saturated rings. The van der Waals surface area contributed by atoms with E-state index in [0.717, 1.165) is 4.31 Å². The Morgan fingerprint density at radius 3 is 2.33 bits per heavy atom. The minimum Gasteiger partial charge on any atom is -0.495 e. The highest BCUT2D eigenvalue weighted by Crippen LogP contribution is 2.27. The molecule has 0 spiro atoms. The molecule has 0 unspecified atom stereocenters. The molecule has 24 heavy (non-hydrogen) atoms. The van der Waals surface area contributed by atoms with E-state index in [4.69, 9.17) is 9.47 Å². The second-order valence-electron chi connectivity index (χ2n) is 6.12. The van der Waals surface area contributed by atoms with E-state index in [1.807, 2.05) is 13.8 Å². The average Bonchev–Trinajstić information content (AvgIpc) is 2.52. The van der Waals surface area contributed by atoms with Crippen molar-refractivity contribution in [2.75, 3.05) is 34.3 Å². The van der Waals surface area contributed by atoms with E-state index < -0.39 is 10.0 Å². The van der Waals surface area contributed by atoms with E-state index >= 15 is 0 Å². The molecule has 0 aliphatic carbocycles. The molecule has 8 heteroatoms. The third-order valence-corrected chi connectivity index (χ3v) is 5.71. The van der Waals surface area contributed by atoms with Crippen LogP contribution in [0, 0.1) is 0 Å². The summed E-state index contributed by atoms with van der Waals surface area (Å²) >= 11 is 0. The van der Waals surface area contributed by atoms with Gasteiger partial charge in [0.1, 0.15) is 10.6 Å². The quantitative estimate of drug-likeness (QED) is 0.810. The predicted octanol–water partition coefficient (Wildman–Crippen LogP) is 1.19. The molecule has 1 aromatic rings. The SMILES string of the molecule is COc1ccc(C(=O)N2C[C@@H](C)O[C@@H](C)C2)cc1S(=O)(=O)N(C)C. The van der Waals surface area contributed by atoms with E-state index in [9.17, 15) is 13.2 Å². The summed E-state index contributed by atoms with van der Waals surface area (Å²) in [6.07, 6.45) is -0.109. The molecular formula is C16H24N2O5S. The fraction of sp³-hybridized carbons (Fsp3) is 0.562. The number of nitrogens with zero attached hydrogens (tertiary/aromatic N) is 2. The molecule has 1 saturated heterocycles. The Kier molecular flexibility index (Phi) is 5.52. The van der Waals surface area contributed by atoms with Crippen LogP contribution in [-0.4, -0.2) is 70.0 Å². The maximum Gasteiger partial charge on any atom is 0.254 e. The van der Waals surface area contributed by atoms with Gasteiger partial charge in [-0.25, -0.2) is 12.7 Å². The van der Waals surface area contributed by atoms with Gasteiger partial charge in [-0.3, -0.25) is 4.79 Å². The van der Waals surface area contributed by atoms with Crippen LogP contribution < -0.4 is 4.74 Å². The monoisotopic (exact) mass is 356 g/mol. The van der Waals surface area contributed by atoms with Crippen LogP contribution in [0.1, 0.15) is 24.2 Å². The number of hydrogen-bond acceptors (Lipinski definition) is 5. The maximum atomic E-state index is 12.8. The number of benzene rings is 1. The van der Waals surface area contributed by atoms with Crippen molar-refractivity contribution in [2.24, 2.45) is 0 Å². The molecule has 1 heterocycles. The Bertz CT molecular complexity index is 707. The fourth-order valence-corrected chi connectivity index (χ4v) is 3.81. The fourth-order valence-electron chi connectivity index (χ4n) is 2.73. The van der Waals surface area contributed by atoms with Crippen molar-refractivity contribution in [1.29, 1.82) is 0 Å². The van der Waals surface area contributed by atoms with Crippen molar-refractivity contribution in [3.63, 3.8) is 0 Å². The van der Waals surface area contributed by atoms with Crippen molar-refractivity contribution in [3.05, 3.63) is 23.8 Å². The first kappa shape index (κ1) is 18.7. The van der Waals surface area contributed by atoms with Crippen LogP contribution in [0.5, 0.6) is 5.75 Å². The zero-order chi connectivity index (χ0) is 18.1. The van der Waals surface area contributed by atoms with E-state index in [-0.39, 0.29) is 28.8 Å². The van der Waals surface area contributed by atoms with Gasteiger partial charge in [0.05, 0.1) is 19.3 Å². The van der Waals surface area contributed by atoms with Crippen LogP contribution in [0.4, 0.5) is 0 Å². The molecule has 0 N–H and O–H groups in total. The number of sulfonamides is 1. The van der Waals surface area contributed by atoms with Gasteiger partial charge in [-0.05, 0) is 32.0 Å². The molecule has 7 nitrogen and oxygen atoms in total. The Morgan fingerprint density at radius 2 is 1.83 bits per heavy atom. The van der Waals surface area contributed by atoms with Crippen LogP contribution in [0.15, 0.2) is 23.1 Å². The summed E-state index contributed by atoms with van der Waals surface area (Å²) in [5, 5.41) is 0. The first-order chi connectivity index (χ1) is 11.2. The molecule has 1 aliphatic rings. The van der Waals surface area contributed by atoms with Crippen molar-refractivity contribution in [3.8, 4) is 5.75 Å². The Morgan fingerprint density at radius 1 is 1.25 bits per heavy atom. The molecule has 1 aliphatic heterocycles. The number of amides is 1. The van der Waals surface area contributed by atoms with Crippen LogP contribution >= 0.6 is 0 Å². The number of morpholine rings is 1. The lowest BCUT2D eigenvalue weighted by molar-refractivity contribution is -0.0586. The zero-order valence-electron chi connectivity index (χ0n) is 14.6. The third-order valence-electron chi connectivity index (χ3n) is 3.88. The van der Waals surface area contributed by atoms with Crippen molar-refractivity contribution < 1.29 is 22.7 Å².